The summed E-state index contributed by atoms with van der Waals surface area (Å²) in [6.45, 7) is 4.62. The van der Waals surface area contributed by atoms with Crippen LogP contribution >= 0.6 is 11.8 Å². The number of hydrogen-bond acceptors (Lipinski definition) is 3. The van der Waals surface area contributed by atoms with Gasteiger partial charge in [-0.25, -0.2) is 0 Å². The maximum atomic E-state index is 12.6. The molecule has 1 saturated heterocycles. The van der Waals surface area contributed by atoms with Gasteiger partial charge in [0, 0.05) is 43.9 Å². The quantitative estimate of drug-likeness (QED) is 0.856. The maximum Gasteiger partial charge on any atom is 0.253 e. The third-order valence-electron chi connectivity index (χ3n) is 3.95. The fourth-order valence-corrected chi connectivity index (χ4v) is 3.21. The van der Waals surface area contributed by atoms with Crippen LogP contribution in [-0.2, 0) is 10.5 Å². The van der Waals surface area contributed by atoms with E-state index in [9.17, 15) is 9.59 Å². The molecule has 1 heterocycles. The molecule has 0 saturated carbocycles. The molecule has 0 aliphatic carbocycles. The van der Waals surface area contributed by atoms with Gasteiger partial charge >= 0.3 is 0 Å². The Balaban J connectivity index is 1.98. The SMILES string of the molecule is CCC(=O)N1CCCN(C(=O)c2ccc(CSC)cc2)CC1. The van der Waals surface area contributed by atoms with Crippen LogP contribution in [-0.4, -0.2) is 54.0 Å². The van der Waals surface area contributed by atoms with Crippen LogP contribution < -0.4 is 0 Å². The first-order valence-corrected chi connectivity index (χ1v) is 9.20. The zero-order valence-electron chi connectivity index (χ0n) is 13.4. The molecule has 0 spiro atoms. The summed E-state index contributed by atoms with van der Waals surface area (Å²) in [6, 6.07) is 7.87. The molecule has 0 aromatic heterocycles. The van der Waals surface area contributed by atoms with Crippen LogP contribution in [0.1, 0.15) is 35.7 Å². The molecule has 4 nitrogen and oxygen atoms in total. The van der Waals surface area contributed by atoms with Crippen molar-refractivity contribution in [3.63, 3.8) is 0 Å². The Labute approximate surface area is 136 Å². The van der Waals surface area contributed by atoms with E-state index >= 15 is 0 Å². The summed E-state index contributed by atoms with van der Waals surface area (Å²) >= 11 is 1.77. The Morgan fingerprint density at radius 2 is 1.68 bits per heavy atom. The van der Waals surface area contributed by atoms with Crippen LogP contribution in [0, 0.1) is 0 Å². The van der Waals surface area contributed by atoms with Crippen molar-refractivity contribution in [2.45, 2.75) is 25.5 Å². The Hall–Kier alpha value is -1.49. The monoisotopic (exact) mass is 320 g/mol. The van der Waals surface area contributed by atoms with E-state index in [1.165, 1.54) is 5.56 Å². The molecule has 0 unspecified atom stereocenters. The van der Waals surface area contributed by atoms with Crippen LogP contribution in [0.3, 0.4) is 0 Å². The van der Waals surface area contributed by atoms with Crippen molar-refractivity contribution < 1.29 is 9.59 Å². The van der Waals surface area contributed by atoms with Gasteiger partial charge in [-0.3, -0.25) is 9.59 Å². The molecule has 0 N–H and O–H groups in total. The van der Waals surface area contributed by atoms with Crippen molar-refractivity contribution in [2.75, 3.05) is 32.4 Å². The van der Waals surface area contributed by atoms with Crippen LogP contribution in [0.25, 0.3) is 0 Å². The molecule has 2 amide bonds. The highest BCUT2D eigenvalue weighted by atomic mass is 32.2. The number of amides is 2. The molecule has 1 aromatic rings. The van der Waals surface area contributed by atoms with Gasteiger partial charge in [-0.15, -0.1) is 0 Å². The third kappa shape index (κ3) is 4.26. The molecule has 1 aromatic carbocycles. The van der Waals surface area contributed by atoms with E-state index in [4.69, 9.17) is 0 Å². The highest BCUT2D eigenvalue weighted by Gasteiger charge is 2.21. The molecule has 1 aliphatic heterocycles. The zero-order chi connectivity index (χ0) is 15.9. The number of carbonyl (C=O) groups excluding carboxylic acids is 2. The Morgan fingerprint density at radius 1 is 1.05 bits per heavy atom. The number of rotatable bonds is 4. The third-order valence-corrected chi connectivity index (χ3v) is 4.57. The normalized spacial score (nSPS) is 15.5. The van der Waals surface area contributed by atoms with Gasteiger partial charge in [-0.1, -0.05) is 19.1 Å². The lowest BCUT2D eigenvalue weighted by Gasteiger charge is -2.22. The van der Waals surface area contributed by atoms with Crippen molar-refractivity contribution >= 4 is 23.6 Å². The van der Waals surface area contributed by atoms with Gasteiger partial charge < -0.3 is 9.80 Å². The number of hydrogen-bond donors (Lipinski definition) is 0. The van der Waals surface area contributed by atoms with Crippen molar-refractivity contribution in [3.8, 4) is 0 Å². The van der Waals surface area contributed by atoms with Crippen molar-refractivity contribution in [3.05, 3.63) is 35.4 Å². The second-order valence-electron chi connectivity index (χ2n) is 5.51. The maximum absolute atomic E-state index is 12.6. The average Bonchev–Trinajstić information content (AvgIpc) is 2.80. The molecule has 1 fully saturated rings. The molecule has 0 radical (unpaired) electrons. The molecule has 120 valence electrons. The Bertz CT molecular complexity index is 516. The summed E-state index contributed by atoms with van der Waals surface area (Å²) in [4.78, 5) is 28.1. The lowest BCUT2D eigenvalue weighted by Crippen LogP contribution is -2.37. The number of thioether (sulfide) groups is 1. The van der Waals surface area contributed by atoms with E-state index in [1.54, 1.807) is 11.8 Å². The first-order chi connectivity index (χ1) is 10.7. The summed E-state index contributed by atoms with van der Waals surface area (Å²) in [5.41, 5.74) is 1.97. The highest BCUT2D eigenvalue weighted by Crippen LogP contribution is 2.14. The molecule has 2 rings (SSSR count). The van der Waals surface area contributed by atoms with Gasteiger partial charge in [-0.2, -0.15) is 11.8 Å². The van der Waals surface area contributed by atoms with Crippen LogP contribution in [0.5, 0.6) is 0 Å². The van der Waals surface area contributed by atoms with E-state index in [0.717, 1.165) is 30.8 Å². The first kappa shape index (κ1) is 16.9. The fourth-order valence-electron chi connectivity index (χ4n) is 2.69. The zero-order valence-corrected chi connectivity index (χ0v) is 14.2. The molecule has 0 atom stereocenters. The van der Waals surface area contributed by atoms with Crippen LogP contribution in [0.15, 0.2) is 24.3 Å². The topological polar surface area (TPSA) is 40.6 Å². The number of carbonyl (C=O) groups is 2. The summed E-state index contributed by atoms with van der Waals surface area (Å²) in [6.07, 6.45) is 3.45. The van der Waals surface area contributed by atoms with Crippen molar-refractivity contribution in [1.82, 2.24) is 9.80 Å². The van der Waals surface area contributed by atoms with E-state index in [0.29, 0.717) is 19.5 Å². The summed E-state index contributed by atoms with van der Waals surface area (Å²) in [5.74, 6) is 1.21. The second kappa shape index (κ2) is 8.22. The second-order valence-corrected chi connectivity index (χ2v) is 6.38. The molecule has 1 aliphatic rings. The predicted molar refractivity (Wildman–Crippen MR) is 91.1 cm³/mol. The average molecular weight is 320 g/mol. The summed E-state index contributed by atoms with van der Waals surface area (Å²) < 4.78 is 0. The molecule has 5 heteroatoms. The number of nitrogens with zero attached hydrogens (tertiary/aromatic N) is 2. The van der Waals surface area contributed by atoms with E-state index < -0.39 is 0 Å². The standard InChI is InChI=1S/C17H24N2O2S/c1-3-16(20)18-9-4-10-19(12-11-18)17(21)15-7-5-14(6-8-15)13-22-2/h5-8H,3-4,9-13H2,1-2H3. The Kier molecular flexibility index (Phi) is 6.31. The van der Waals surface area contributed by atoms with Gasteiger partial charge in [0.1, 0.15) is 0 Å². The predicted octanol–water partition coefficient (Wildman–Crippen LogP) is 2.63. The molecular formula is C17H24N2O2S. The minimum Gasteiger partial charge on any atom is -0.341 e. The van der Waals surface area contributed by atoms with Gasteiger partial charge in [-0.05, 0) is 30.4 Å². The van der Waals surface area contributed by atoms with Crippen molar-refractivity contribution in [1.29, 1.82) is 0 Å². The highest BCUT2D eigenvalue weighted by molar-refractivity contribution is 7.97. The van der Waals surface area contributed by atoms with Crippen molar-refractivity contribution in [2.24, 2.45) is 0 Å². The minimum atomic E-state index is 0.0708. The lowest BCUT2D eigenvalue weighted by molar-refractivity contribution is -0.130. The fraction of sp³-hybridized carbons (Fsp3) is 0.529. The van der Waals surface area contributed by atoms with Gasteiger partial charge in [0.05, 0.1) is 0 Å². The van der Waals surface area contributed by atoms with E-state index in [2.05, 4.69) is 6.26 Å². The largest absolute Gasteiger partial charge is 0.341 e. The smallest absolute Gasteiger partial charge is 0.253 e. The number of benzene rings is 1. The summed E-state index contributed by atoms with van der Waals surface area (Å²) in [5, 5.41) is 0. The van der Waals surface area contributed by atoms with E-state index in [1.807, 2.05) is 41.0 Å². The van der Waals surface area contributed by atoms with E-state index in [-0.39, 0.29) is 11.8 Å². The van der Waals surface area contributed by atoms with Gasteiger partial charge in [0.25, 0.3) is 5.91 Å². The first-order valence-electron chi connectivity index (χ1n) is 7.80. The van der Waals surface area contributed by atoms with Crippen LogP contribution in [0.4, 0.5) is 0 Å². The van der Waals surface area contributed by atoms with Gasteiger partial charge in [0.15, 0.2) is 0 Å². The molecule has 0 bridgehead atoms. The summed E-state index contributed by atoms with van der Waals surface area (Å²) in [7, 11) is 0. The Morgan fingerprint density at radius 3 is 2.32 bits per heavy atom. The molecular weight excluding hydrogens is 296 g/mol. The van der Waals surface area contributed by atoms with Gasteiger partial charge in [0.2, 0.25) is 5.91 Å². The lowest BCUT2D eigenvalue weighted by atomic mass is 10.1. The molecule has 22 heavy (non-hydrogen) atoms. The minimum absolute atomic E-state index is 0.0708. The van der Waals surface area contributed by atoms with Crippen LogP contribution in [0.2, 0.25) is 0 Å².